The van der Waals surface area contributed by atoms with Crippen LogP contribution in [0.5, 0.6) is 0 Å². The molecule has 2 aliphatic heterocycles. The first-order valence-corrected chi connectivity index (χ1v) is 10.6. The minimum atomic E-state index is 0.0409. The normalized spacial score (nSPS) is 21.1. The predicted octanol–water partition coefficient (Wildman–Crippen LogP) is 3.77. The van der Waals surface area contributed by atoms with Gasteiger partial charge < -0.3 is 19.5 Å². The Morgan fingerprint density at radius 3 is 2.54 bits per heavy atom. The maximum absolute atomic E-state index is 12.4. The molecule has 1 N–H and O–H groups in total. The van der Waals surface area contributed by atoms with Gasteiger partial charge in [-0.1, -0.05) is 30.3 Å². The molecule has 2 fully saturated rings. The van der Waals surface area contributed by atoms with Crippen LogP contribution in [0.3, 0.4) is 0 Å². The SMILES string of the molecule is O=C(NCc1ccco1)N1CC[C@@H](C2CCN(CCc3ccccc3)CC2)C1. The van der Waals surface area contributed by atoms with Crippen LogP contribution < -0.4 is 5.32 Å². The van der Waals surface area contributed by atoms with E-state index in [1.165, 1.54) is 31.5 Å². The van der Waals surface area contributed by atoms with E-state index < -0.39 is 0 Å². The van der Waals surface area contributed by atoms with Crippen LogP contribution in [0.25, 0.3) is 0 Å². The summed E-state index contributed by atoms with van der Waals surface area (Å²) in [6, 6.07) is 14.5. The Morgan fingerprint density at radius 2 is 1.79 bits per heavy atom. The first-order chi connectivity index (χ1) is 13.8. The predicted molar refractivity (Wildman–Crippen MR) is 110 cm³/mol. The van der Waals surface area contributed by atoms with Gasteiger partial charge in [0.25, 0.3) is 0 Å². The van der Waals surface area contributed by atoms with Crippen molar-refractivity contribution in [2.24, 2.45) is 11.8 Å². The monoisotopic (exact) mass is 381 g/mol. The molecule has 1 aromatic heterocycles. The maximum Gasteiger partial charge on any atom is 0.317 e. The number of hydrogen-bond donors (Lipinski definition) is 1. The summed E-state index contributed by atoms with van der Waals surface area (Å²) in [5.74, 6) is 2.22. The summed E-state index contributed by atoms with van der Waals surface area (Å²) in [4.78, 5) is 17.0. The quantitative estimate of drug-likeness (QED) is 0.829. The van der Waals surface area contributed by atoms with Crippen LogP contribution in [0, 0.1) is 11.8 Å². The Labute approximate surface area is 167 Å². The van der Waals surface area contributed by atoms with Crippen molar-refractivity contribution in [1.29, 1.82) is 0 Å². The number of carbonyl (C=O) groups is 1. The average molecular weight is 382 g/mol. The zero-order valence-electron chi connectivity index (χ0n) is 16.6. The van der Waals surface area contributed by atoms with E-state index in [0.717, 1.165) is 44.2 Å². The molecule has 0 radical (unpaired) electrons. The van der Waals surface area contributed by atoms with Gasteiger partial charge in [0.2, 0.25) is 0 Å². The molecule has 4 rings (SSSR count). The van der Waals surface area contributed by atoms with Crippen molar-refractivity contribution in [3.8, 4) is 0 Å². The number of carbonyl (C=O) groups excluding carboxylic acids is 1. The van der Waals surface area contributed by atoms with Gasteiger partial charge in [-0.3, -0.25) is 0 Å². The van der Waals surface area contributed by atoms with Crippen molar-refractivity contribution < 1.29 is 9.21 Å². The molecule has 0 spiro atoms. The molecule has 2 aliphatic rings. The highest BCUT2D eigenvalue weighted by Crippen LogP contribution is 2.32. The highest BCUT2D eigenvalue weighted by Gasteiger charge is 2.33. The van der Waals surface area contributed by atoms with E-state index in [0.29, 0.717) is 12.5 Å². The fourth-order valence-electron chi connectivity index (χ4n) is 4.62. The van der Waals surface area contributed by atoms with E-state index in [-0.39, 0.29) is 6.03 Å². The van der Waals surface area contributed by atoms with Crippen LogP contribution in [0.1, 0.15) is 30.6 Å². The number of rotatable bonds is 6. The Bertz CT molecular complexity index is 724. The van der Waals surface area contributed by atoms with Gasteiger partial charge in [-0.25, -0.2) is 4.79 Å². The molecule has 3 heterocycles. The highest BCUT2D eigenvalue weighted by atomic mass is 16.3. The second-order valence-corrected chi connectivity index (χ2v) is 8.15. The van der Waals surface area contributed by atoms with E-state index in [2.05, 4.69) is 40.5 Å². The number of nitrogens with zero attached hydrogens (tertiary/aromatic N) is 2. The molecular formula is C23H31N3O2. The Balaban J connectivity index is 1.16. The summed E-state index contributed by atoms with van der Waals surface area (Å²) in [6.45, 7) is 5.79. The first-order valence-electron chi connectivity index (χ1n) is 10.6. The molecule has 2 amide bonds. The zero-order valence-corrected chi connectivity index (χ0v) is 16.6. The summed E-state index contributed by atoms with van der Waals surface area (Å²) in [7, 11) is 0. The van der Waals surface area contributed by atoms with Crippen molar-refractivity contribution in [2.75, 3.05) is 32.7 Å². The summed E-state index contributed by atoms with van der Waals surface area (Å²) in [6.07, 6.45) is 6.45. The zero-order chi connectivity index (χ0) is 19.2. The van der Waals surface area contributed by atoms with E-state index in [4.69, 9.17) is 4.42 Å². The molecule has 0 bridgehead atoms. The standard InChI is InChI=1S/C23H31N3O2/c27-23(24-17-22-7-4-16-28-22)26-15-11-21(18-26)20-9-13-25(14-10-20)12-8-19-5-2-1-3-6-19/h1-7,16,20-21H,8-15,17-18H2,(H,24,27)/t21-/m1/s1. The number of hydrogen-bond acceptors (Lipinski definition) is 3. The van der Waals surface area contributed by atoms with Crippen molar-refractivity contribution >= 4 is 6.03 Å². The Hall–Kier alpha value is -2.27. The fraction of sp³-hybridized carbons (Fsp3) is 0.522. The number of amides is 2. The van der Waals surface area contributed by atoms with Crippen molar-refractivity contribution in [2.45, 2.75) is 32.2 Å². The third-order valence-electron chi connectivity index (χ3n) is 6.36. The molecule has 5 heteroatoms. The number of furan rings is 1. The van der Waals surface area contributed by atoms with Gasteiger partial charge in [0.1, 0.15) is 5.76 Å². The van der Waals surface area contributed by atoms with Crippen molar-refractivity contribution in [1.82, 2.24) is 15.1 Å². The summed E-state index contributed by atoms with van der Waals surface area (Å²) in [5, 5.41) is 2.97. The number of nitrogens with one attached hydrogen (secondary N) is 1. The van der Waals surface area contributed by atoms with Crippen LogP contribution in [0.15, 0.2) is 53.1 Å². The van der Waals surface area contributed by atoms with Crippen LogP contribution >= 0.6 is 0 Å². The van der Waals surface area contributed by atoms with Crippen molar-refractivity contribution in [3.63, 3.8) is 0 Å². The lowest BCUT2D eigenvalue weighted by molar-refractivity contribution is 0.148. The molecule has 0 saturated carbocycles. The molecule has 0 unspecified atom stereocenters. The summed E-state index contributed by atoms with van der Waals surface area (Å²) in [5.41, 5.74) is 1.43. The topological polar surface area (TPSA) is 48.7 Å². The molecule has 1 atom stereocenters. The van der Waals surface area contributed by atoms with Gasteiger partial charge in [0, 0.05) is 19.6 Å². The van der Waals surface area contributed by atoms with Gasteiger partial charge in [-0.05, 0) is 68.3 Å². The van der Waals surface area contributed by atoms with Gasteiger partial charge >= 0.3 is 6.03 Å². The second kappa shape index (κ2) is 9.28. The van der Waals surface area contributed by atoms with E-state index in [1.807, 2.05) is 17.0 Å². The van der Waals surface area contributed by atoms with Crippen molar-refractivity contribution in [3.05, 3.63) is 60.1 Å². The smallest absolute Gasteiger partial charge is 0.317 e. The molecule has 1 aromatic carbocycles. The van der Waals surface area contributed by atoms with Crippen LogP contribution in [0.4, 0.5) is 4.79 Å². The van der Waals surface area contributed by atoms with Gasteiger partial charge in [0.15, 0.2) is 0 Å². The third kappa shape index (κ3) is 4.96. The highest BCUT2D eigenvalue weighted by molar-refractivity contribution is 5.74. The van der Waals surface area contributed by atoms with Crippen LogP contribution in [-0.4, -0.2) is 48.6 Å². The molecule has 5 nitrogen and oxygen atoms in total. The van der Waals surface area contributed by atoms with Gasteiger partial charge in [-0.2, -0.15) is 0 Å². The molecule has 2 aromatic rings. The number of urea groups is 1. The van der Waals surface area contributed by atoms with Gasteiger partial charge in [-0.15, -0.1) is 0 Å². The van der Waals surface area contributed by atoms with E-state index in [1.54, 1.807) is 6.26 Å². The molecule has 28 heavy (non-hydrogen) atoms. The minimum Gasteiger partial charge on any atom is -0.467 e. The van der Waals surface area contributed by atoms with E-state index >= 15 is 0 Å². The molecule has 2 saturated heterocycles. The minimum absolute atomic E-state index is 0.0409. The molecule has 150 valence electrons. The largest absolute Gasteiger partial charge is 0.467 e. The molecule has 0 aliphatic carbocycles. The fourth-order valence-corrected chi connectivity index (χ4v) is 4.62. The number of likely N-dealkylation sites (tertiary alicyclic amines) is 2. The Kier molecular flexibility index (Phi) is 6.32. The lowest BCUT2D eigenvalue weighted by atomic mass is 9.83. The first kappa shape index (κ1) is 19.1. The maximum atomic E-state index is 12.4. The van der Waals surface area contributed by atoms with E-state index in [9.17, 15) is 4.79 Å². The summed E-state index contributed by atoms with van der Waals surface area (Å²) >= 11 is 0. The molecular weight excluding hydrogens is 350 g/mol. The van der Waals surface area contributed by atoms with Gasteiger partial charge in [0.05, 0.1) is 12.8 Å². The Morgan fingerprint density at radius 1 is 1.00 bits per heavy atom. The average Bonchev–Trinajstić information content (AvgIpc) is 3.44. The summed E-state index contributed by atoms with van der Waals surface area (Å²) < 4.78 is 5.28. The number of benzene rings is 1. The van der Waals surface area contributed by atoms with Crippen LogP contribution in [-0.2, 0) is 13.0 Å². The third-order valence-corrected chi connectivity index (χ3v) is 6.36. The second-order valence-electron chi connectivity index (χ2n) is 8.15. The van der Waals surface area contributed by atoms with Crippen LogP contribution in [0.2, 0.25) is 0 Å². The number of piperidine rings is 1. The lowest BCUT2D eigenvalue weighted by Gasteiger charge is -2.34. The lowest BCUT2D eigenvalue weighted by Crippen LogP contribution is -2.40.